The highest BCUT2D eigenvalue weighted by molar-refractivity contribution is 9.10. The number of benzene rings is 1. The van der Waals surface area contributed by atoms with Crippen molar-refractivity contribution in [3.63, 3.8) is 0 Å². The molecule has 0 aromatic heterocycles. The summed E-state index contributed by atoms with van der Waals surface area (Å²) in [6.07, 6.45) is 4.82. The second-order valence-corrected chi connectivity index (χ2v) is 7.37. The van der Waals surface area contributed by atoms with Gasteiger partial charge in [0, 0.05) is 34.2 Å². The van der Waals surface area contributed by atoms with Gasteiger partial charge >= 0.3 is 0 Å². The third kappa shape index (κ3) is 3.61. The molecule has 21 heavy (non-hydrogen) atoms. The molecule has 1 amide bonds. The average molecular weight is 372 g/mol. The third-order valence-corrected chi connectivity index (χ3v) is 5.20. The Balaban J connectivity index is 1.71. The van der Waals surface area contributed by atoms with Gasteiger partial charge in [-0.05, 0) is 56.3 Å². The highest BCUT2D eigenvalue weighted by atomic mass is 79.9. The number of piperidine rings is 1. The Morgan fingerprint density at radius 1 is 1.29 bits per heavy atom. The number of amides is 1. The molecule has 114 valence electrons. The monoisotopic (exact) mass is 370 g/mol. The summed E-state index contributed by atoms with van der Waals surface area (Å²) in [6, 6.07) is 6.00. The predicted molar refractivity (Wildman–Crippen MR) is 88.8 cm³/mol. The van der Waals surface area contributed by atoms with E-state index in [0.29, 0.717) is 22.5 Å². The maximum atomic E-state index is 12.7. The summed E-state index contributed by atoms with van der Waals surface area (Å²) in [5, 5.41) is 4.17. The molecule has 0 spiro atoms. The lowest BCUT2D eigenvalue weighted by atomic mass is 9.89. The number of rotatable bonds is 2. The van der Waals surface area contributed by atoms with Crippen LogP contribution in [0.25, 0.3) is 0 Å². The summed E-state index contributed by atoms with van der Waals surface area (Å²) in [5.74, 6) is 0.689. The largest absolute Gasteiger partial charge is 0.338 e. The van der Waals surface area contributed by atoms with Crippen molar-refractivity contribution in [2.24, 2.45) is 5.92 Å². The van der Waals surface area contributed by atoms with E-state index in [1.54, 1.807) is 12.1 Å². The number of nitrogens with zero attached hydrogens (tertiary/aromatic N) is 1. The number of carbonyl (C=O) groups is 1. The molecule has 2 unspecified atom stereocenters. The van der Waals surface area contributed by atoms with Crippen molar-refractivity contribution in [3.8, 4) is 0 Å². The van der Waals surface area contributed by atoms with Crippen LogP contribution in [0.15, 0.2) is 22.7 Å². The Bertz CT molecular complexity index is 511. The topological polar surface area (TPSA) is 32.3 Å². The molecule has 1 aromatic carbocycles. The SMILES string of the molecule is O=C(c1cc(Cl)cc(Br)c1)N1CCCC(C2CCCN2)C1. The number of halogens is 2. The lowest BCUT2D eigenvalue weighted by molar-refractivity contribution is 0.0651. The minimum Gasteiger partial charge on any atom is -0.338 e. The van der Waals surface area contributed by atoms with Crippen LogP contribution in [0.5, 0.6) is 0 Å². The van der Waals surface area contributed by atoms with Crippen LogP contribution < -0.4 is 5.32 Å². The number of hydrogen-bond acceptors (Lipinski definition) is 2. The van der Waals surface area contributed by atoms with Crippen LogP contribution >= 0.6 is 27.5 Å². The minimum atomic E-state index is 0.0981. The summed E-state index contributed by atoms with van der Waals surface area (Å²) >= 11 is 9.46. The van der Waals surface area contributed by atoms with Crippen molar-refractivity contribution in [3.05, 3.63) is 33.3 Å². The fourth-order valence-corrected chi connectivity index (χ4v) is 4.36. The molecule has 2 atom stereocenters. The molecule has 2 aliphatic heterocycles. The molecule has 2 heterocycles. The summed E-state index contributed by atoms with van der Waals surface area (Å²) in [5.41, 5.74) is 0.675. The second kappa shape index (κ2) is 6.67. The van der Waals surface area contributed by atoms with Gasteiger partial charge in [0.15, 0.2) is 0 Å². The molecule has 0 bridgehead atoms. The van der Waals surface area contributed by atoms with Crippen LogP contribution in [0.2, 0.25) is 5.02 Å². The molecule has 3 rings (SSSR count). The van der Waals surface area contributed by atoms with Crippen molar-refractivity contribution in [2.75, 3.05) is 19.6 Å². The molecular weight excluding hydrogens is 352 g/mol. The summed E-state index contributed by atoms with van der Waals surface area (Å²) in [6.45, 7) is 2.84. The standard InChI is InChI=1S/C16H20BrClN2O/c17-13-7-12(8-14(18)9-13)16(21)20-6-2-3-11(10-20)15-4-1-5-19-15/h7-9,11,15,19H,1-6,10H2. The Kier molecular flexibility index (Phi) is 4.87. The van der Waals surface area contributed by atoms with E-state index in [4.69, 9.17) is 11.6 Å². The van der Waals surface area contributed by atoms with Crippen molar-refractivity contribution < 1.29 is 4.79 Å². The number of likely N-dealkylation sites (tertiary alicyclic amines) is 1. The second-order valence-electron chi connectivity index (χ2n) is 6.01. The molecular formula is C16H20BrClN2O. The Morgan fingerprint density at radius 3 is 2.86 bits per heavy atom. The van der Waals surface area contributed by atoms with Crippen LogP contribution in [-0.2, 0) is 0 Å². The first-order chi connectivity index (χ1) is 10.1. The first kappa shape index (κ1) is 15.3. The normalized spacial score (nSPS) is 26.1. The van der Waals surface area contributed by atoms with Crippen LogP contribution in [0.4, 0.5) is 0 Å². The highest BCUT2D eigenvalue weighted by Crippen LogP contribution is 2.27. The lowest BCUT2D eigenvalue weighted by Crippen LogP contribution is -2.45. The Hall–Kier alpha value is -0.580. The van der Waals surface area contributed by atoms with E-state index in [1.807, 2.05) is 11.0 Å². The Morgan fingerprint density at radius 2 is 2.14 bits per heavy atom. The van der Waals surface area contributed by atoms with Gasteiger partial charge in [0.25, 0.3) is 5.91 Å². The molecule has 1 aromatic rings. The van der Waals surface area contributed by atoms with Crippen molar-refractivity contribution in [1.29, 1.82) is 0 Å². The van der Waals surface area contributed by atoms with Crippen LogP contribution in [0, 0.1) is 5.92 Å². The molecule has 0 saturated carbocycles. The van der Waals surface area contributed by atoms with Gasteiger partial charge in [0.1, 0.15) is 0 Å². The first-order valence-electron chi connectivity index (χ1n) is 7.62. The average Bonchev–Trinajstić information content (AvgIpc) is 3.00. The van der Waals surface area contributed by atoms with E-state index in [9.17, 15) is 4.79 Å². The van der Waals surface area contributed by atoms with E-state index in [0.717, 1.165) is 30.5 Å². The molecule has 2 aliphatic rings. The van der Waals surface area contributed by atoms with Gasteiger partial charge in [-0.25, -0.2) is 0 Å². The van der Waals surface area contributed by atoms with Gasteiger partial charge in [0.05, 0.1) is 0 Å². The first-order valence-corrected chi connectivity index (χ1v) is 8.79. The van der Waals surface area contributed by atoms with E-state index < -0.39 is 0 Å². The van der Waals surface area contributed by atoms with Crippen molar-refractivity contribution in [1.82, 2.24) is 10.2 Å². The molecule has 1 N–H and O–H groups in total. The maximum Gasteiger partial charge on any atom is 0.253 e. The molecule has 5 heteroatoms. The van der Waals surface area contributed by atoms with E-state index >= 15 is 0 Å². The quantitative estimate of drug-likeness (QED) is 0.859. The fraction of sp³-hybridized carbons (Fsp3) is 0.562. The summed E-state index contributed by atoms with van der Waals surface area (Å²) in [4.78, 5) is 14.7. The van der Waals surface area contributed by atoms with Gasteiger partial charge in [-0.15, -0.1) is 0 Å². The molecule has 2 fully saturated rings. The zero-order valence-corrected chi connectivity index (χ0v) is 14.3. The zero-order chi connectivity index (χ0) is 14.8. The summed E-state index contributed by atoms with van der Waals surface area (Å²) < 4.78 is 0.851. The molecule has 0 aliphatic carbocycles. The van der Waals surface area contributed by atoms with Crippen LogP contribution in [-0.4, -0.2) is 36.5 Å². The third-order valence-electron chi connectivity index (χ3n) is 4.52. The number of nitrogens with one attached hydrogen (secondary N) is 1. The predicted octanol–water partition coefficient (Wildman–Crippen LogP) is 3.71. The molecule has 2 saturated heterocycles. The van der Waals surface area contributed by atoms with Gasteiger partial charge in [0.2, 0.25) is 0 Å². The lowest BCUT2D eigenvalue weighted by Gasteiger charge is -2.36. The minimum absolute atomic E-state index is 0.0981. The number of carbonyl (C=O) groups excluding carboxylic acids is 1. The summed E-state index contributed by atoms with van der Waals surface area (Å²) in [7, 11) is 0. The fourth-order valence-electron chi connectivity index (χ4n) is 3.50. The van der Waals surface area contributed by atoms with Crippen molar-refractivity contribution >= 4 is 33.4 Å². The van der Waals surface area contributed by atoms with E-state index in [1.165, 1.54) is 19.3 Å². The van der Waals surface area contributed by atoms with Gasteiger partial charge in [-0.3, -0.25) is 4.79 Å². The highest BCUT2D eigenvalue weighted by Gasteiger charge is 2.31. The van der Waals surface area contributed by atoms with E-state index in [-0.39, 0.29) is 5.91 Å². The van der Waals surface area contributed by atoms with Gasteiger partial charge < -0.3 is 10.2 Å². The molecule has 0 radical (unpaired) electrons. The van der Waals surface area contributed by atoms with Gasteiger partial charge in [-0.2, -0.15) is 0 Å². The van der Waals surface area contributed by atoms with Crippen LogP contribution in [0.3, 0.4) is 0 Å². The maximum absolute atomic E-state index is 12.7. The number of hydrogen-bond donors (Lipinski definition) is 1. The smallest absolute Gasteiger partial charge is 0.253 e. The van der Waals surface area contributed by atoms with E-state index in [2.05, 4.69) is 21.2 Å². The molecule has 3 nitrogen and oxygen atoms in total. The van der Waals surface area contributed by atoms with Gasteiger partial charge in [-0.1, -0.05) is 27.5 Å². The Labute approximate surface area is 139 Å². The van der Waals surface area contributed by atoms with Crippen LogP contribution in [0.1, 0.15) is 36.0 Å². The zero-order valence-electron chi connectivity index (χ0n) is 11.9. The van der Waals surface area contributed by atoms with Crippen molar-refractivity contribution in [2.45, 2.75) is 31.7 Å².